The number of hydrogen-bond donors (Lipinski definition) is 2. The number of rotatable bonds is 27. The number of fused-ring (bicyclic) bond motifs is 1. The van der Waals surface area contributed by atoms with Gasteiger partial charge in [-0.15, -0.1) is 5.10 Å². The van der Waals surface area contributed by atoms with E-state index < -0.39 is 23.5 Å². The van der Waals surface area contributed by atoms with Crippen LogP contribution in [0.4, 0.5) is 11.8 Å². The van der Waals surface area contributed by atoms with Crippen molar-refractivity contribution in [3.63, 3.8) is 0 Å². The molecule has 2 atom stereocenters. The number of carboxylic acids is 1. The molecule has 464 valence electrons. The molecule has 5 aromatic heterocycles. The molecule has 0 unspecified atom stereocenters. The monoisotopic (exact) mass is 1210 g/mol. The summed E-state index contributed by atoms with van der Waals surface area (Å²) in [4.78, 5) is 94.3. The zero-order chi connectivity index (χ0) is 62.4. The number of likely N-dealkylation sites (tertiary alicyclic amines) is 1. The molecular weight excluding hydrogens is 1130 g/mol. The van der Waals surface area contributed by atoms with Gasteiger partial charge in [-0.3, -0.25) is 19.2 Å². The number of nitriles is 1. The van der Waals surface area contributed by atoms with Gasteiger partial charge in [0.25, 0.3) is 5.91 Å². The van der Waals surface area contributed by atoms with Gasteiger partial charge >= 0.3 is 5.97 Å². The standard InChI is InChI=1S/C62H74N14O12/c1-41-34-73(60-66-31-43(32-67-60)50-14-13-49-57(80)62(5,6)76(58(49)69-50)35-42-9-8-20-64-52(42)30-63)23-24-75(41)55(78)37-74-36-44(70-71-74)38-84-27-25-83-26-28-85-40-56(79)72-21-17-45(18-22-72)87-48-12-15-54(65-33-48)88-47-11-7-10-46(29-47)86-39-53(77)68-51(59(81)82)16-19-61(2,3)4/h7-15,20,29,31-33,36,41,45,51H,16-19,21-28,34-35,37-40H2,1-6H3,(H,68,77)(H,81,82)/t41-,51+/m1/s1. The van der Waals surface area contributed by atoms with Crippen LogP contribution in [-0.4, -0.2) is 180 Å². The van der Waals surface area contributed by atoms with E-state index in [0.717, 1.165) is 0 Å². The minimum absolute atomic E-state index is 0.0191. The molecule has 9 rings (SSSR count). The van der Waals surface area contributed by atoms with E-state index in [9.17, 15) is 34.3 Å². The molecule has 3 amide bonds. The van der Waals surface area contributed by atoms with Gasteiger partial charge in [0.1, 0.15) is 65.8 Å². The first-order chi connectivity index (χ1) is 42.3. The van der Waals surface area contributed by atoms with Gasteiger partial charge in [0, 0.05) is 100 Å². The molecule has 88 heavy (non-hydrogen) atoms. The van der Waals surface area contributed by atoms with E-state index in [0.29, 0.717) is 140 Å². The molecule has 2 N–H and O–H groups in total. The van der Waals surface area contributed by atoms with Crippen LogP contribution in [-0.2, 0) is 53.1 Å². The summed E-state index contributed by atoms with van der Waals surface area (Å²) in [6.07, 6.45) is 10.4. The Morgan fingerprint density at radius 3 is 2.34 bits per heavy atom. The number of nitrogens with one attached hydrogen (secondary N) is 1. The predicted octanol–water partition coefficient (Wildman–Crippen LogP) is 5.70. The molecular formula is C62H74N14O12. The Morgan fingerprint density at radius 2 is 1.61 bits per heavy atom. The highest BCUT2D eigenvalue weighted by Gasteiger charge is 2.45. The zero-order valence-electron chi connectivity index (χ0n) is 50.4. The van der Waals surface area contributed by atoms with E-state index >= 15 is 0 Å². The quantitative estimate of drug-likeness (QED) is 0.0585. The average Bonchev–Trinajstić information content (AvgIpc) is 2.15. The van der Waals surface area contributed by atoms with Gasteiger partial charge in [0.2, 0.25) is 23.6 Å². The van der Waals surface area contributed by atoms with Crippen LogP contribution in [0.25, 0.3) is 11.3 Å². The second-order valence-electron chi connectivity index (χ2n) is 23.4. The van der Waals surface area contributed by atoms with E-state index in [1.54, 1.807) is 90.5 Å². The molecule has 1 aromatic carbocycles. The van der Waals surface area contributed by atoms with Crippen molar-refractivity contribution in [1.29, 1.82) is 5.26 Å². The van der Waals surface area contributed by atoms with Crippen LogP contribution in [0.3, 0.4) is 0 Å². The van der Waals surface area contributed by atoms with Crippen molar-refractivity contribution in [2.24, 2.45) is 5.41 Å². The lowest BCUT2D eigenvalue weighted by molar-refractivity contribution is -0.142. The van der Waals surface area contributed by atoms with Crippen LogP contribution in [0.2, 0.25) is 0 Å². The number of Topliss-reactive ketones (excluding diaryl/α,β-unsaturated/α-hetero) is 1. The Morgan fingerprint density at radius 1 is 0.852 bits per heavy atom. The fourth-order valence-corrected chi connectivity index (χ4v) is 10.3. The van der Waals surface area contributed by atoms with Crippen molar-refractivity contribution in [2.45, 2.75) is 111 Å². The molecule has 26 nitrogen and oxygen atoms in total. The Labute approximate surface area is 510 Å². The van der Waals surface area contributed by atoms with E-state index in [1.165, 1.54) is 4.68 Å². The number of nitrogens with zero attached hydrogens (tertiary/aromatic N) is 13. The summed E-state index contributed by atoms with van der Waals surface area (Å²) < 4.78 is 36.1. The third-order valence-electron chi connectivity index (χ3n) is 15.2. The van der Waals surface area contributed by atoms with Gasteiger partial charge in [0.05, 0.1) is 62.2 Å². The normalized spacial score (nSPS) is 16.2. The Balaban J connectivity index is 0.606. The summed E-state index contributed by atoms with van der Waals surface area (Å²) in [5, 5.41) is 30.0. The number of anilines is 2. The summed E-state index contributed by atoms with van der Waals surface area (Å²) in [5.41, 5.74) is 2.40. The minimum Gasteiger partial charge on any atom is -0.489 e. The van der Waals surface area contributed by atoms with E-state index in [-0.39, 0.29) is 81.3 Å². The summed E-state index contributed by atoms with van der Waals surface area (Å²) in [6, 6.07) is 18.3. The minimum atomic E-state index is -1.09. The fourth-order valence-electron chi connectivity index (χ4n) is 10.3. The number of ether oxygens (including phenoxy) is 6. The van der Waals surface area contributed by atoms with Crippen LogP contribution >= 0.6 is 0 Å². The van der Waals surface area contributed by atoms with Crippen LogP contribution in [0.1, 0.15) is 94.5 Å². The smallest absolute Gasteiger partial charge is 0.326 e. The maximum Gasteiger partial charge on any atom is 0.326 e. The topological polar surface area (TPSA) is 305 Å². The Hall–Kier alpha value is -9.19. The van der Waals surface area contributed by atoms with Crippen LogP contribution in [0.5, 0.6) is 23.1 Å². The highest BCUT2D eigenvalue weighted by molar-refractivity contribution is 6.13. The number of carbonyl (C=O) groups excluding carboxylic acids is 4. The lowest BCUT2D eigenvalue weighted by Crippen LogP contribution is -2.55. The van der Waals surface area contributed by atoms with Crippen molar-refractivity contribution >= 4 is 41.2 Å². The summed E-state index contributed by atoms with van der Waals surface area (Å²) in [7, 11) is 0. The number of carboxylic acid groups (broad SMARTS) is 1. The maximum atomic E-state index is 13.5. The predicted molar refractivity (Wildman–Crippen MR) is 318 cm³/mol. The van der Waals surface area contributed by atoms with E-state index in [1.807, 2.05) is 62.3 Å². The first-order valence-corrected chi connectivity index (χ1v) is 29.3. The van der Waals surface area contributed by atoms with Crippen LogP contribution < -0.4 is 29.3 Å². The van der Waals surface area contributed by atoms with Crippen molar-refractivity contribution in [3.05, 3.63) is 114 Å². The first kappa shape index (κ1) is 63.3. The molecule has 2 fully saturated rings. The van der Waals surface area contributed by atoms with Crippen molar-refractivity contribution < 1.29 is 57.5 Å². The van der Waals surface area contributed by atoms with E-state index in [2.05, 4.69) is 41.6 Å². The number of aliphatic carboxylic acids is 1. The number of pyridine rings is 3. The Bertz CT molecular complexity index is 3430. The SMILES string of the molecule is C[C@@H]1CN(c2ncc(-c3ccc4c(n3)N(Cc3cccnc3C#N)C(C)(C)C4=O)cn2)CCN1C(=O)Cn1cc(COCCOCCOCC(=O)N2CCC(Oc3ccc(Oc4cccc(OCC(=O)N[C@@H](CCC(C)(C)C)C(=O)O)c4)nc3)CC2)nn1. The number of piperidine rings is 1. The molecule has 3 aliphatic heterocycles. The molecule has 0 radical (unpaired) electrons. The third-order valence-corrected chi connectivity index (χ3v) is 15.2. The zero-order valence-corrected chi connectivity index (χ0v) is 50.4. The highest BCUT2D eigenvalue weighted by Crippen LogP contribution is 2.40. The molecule has 0 spiro atoms. The number of ketones is 1. The van der Waals surface area contributed by atoms with Gasteiger partial charge < -0.3 is 58.4 Å². The third kappa shape index (κ3) is 16.9. The summed E-state index contributed by atoms with van der Waals surface area (Å²) in [6.45, 7) is 15.5. The van der Waals surface area contributed by atoms with Crippen molar-refractivity contribution in [3.8, 4) is 40.5 Å². The van der Waals surface area contributed by atoms with Crippen molar-refractivity contribution in [2.75, 3.05) is 82.2 Å². The van der Waals surface area contributed by atoms with Gasteiger partial charge in [-0.05, 0) is 75.4 Å². The second kappa shape index (κ2) is 29.0. The average molecular weight is 1210 g/mol. The van der Waals surface area contributed by atoms with Gasteiger partial charge in [-0.2, -0.15) is 5.26 Å². The molecule has 8 heterocycles. The van der Waals surface area contributed by atoms with Crippen molar-refractivity contribution in [1.82, 2.24) is 55.0 Å². The van der Waals surface area contributed by atoms with Crippen LogP contribution in [0.15, 0.2) is 91.6 Å². The lowest BCUT2D eigenvalue weighted by Gasteiger charge is -2.39. The molecule has 0 aliphatic carbocycles. The number of carbonyl (C=O) groups is 5. The highest BCUT2D eigenvalue weighted by atomic mass is 16.5. The largest absolute Gasteiger partial charge is 0.489 e. The van der Waals surface area contributed by atoms with Crippen LogP contribution in [0, 0.1) is 16.7 Å². The number of benzene rings is 1. The number of aromatic nitrogens is 8. The number of piperazine rings is 1. The fraction of sp³-hybridized carbons (Fsp3) is 0.468. The maximum absolute atomic E-state index is 13.5. The lowest BCUT2D eigenvalue weighted by atomic mass is 9.88. The van der Waals surface area contributed by atoms with Gasteiger partial charge in [-0.1, -0.05) is 38.1 Å². The Kier molecular flexibility index (Phi) is 20.9. The molecule has 0 bridgehead atoms. The molecule has 3 aliphatic rings. The van der Waals surface area contributed by atoms with E-state index in [4.69, 9.17) is 33.4 Å². The molecule has 2 saturated heterocycles. The summed E-state index contributed by atoms with van der Waals surface area (Å²) >= 11 is 0. The molecule has 26 heteroatoms. The summed E-state index contributed by atoms with van der Waals surface area (Å²) in [5.74, 6) is 0.828. The number of amides is 3. The second-order valence-corrected chi connectivity index (χ2v) is 23.4. The van der Waals surface area contributed by atoms with Gasteiger partial charge in [-0.25, -0.2) is 34.4 Å². The number of hydrogen-bond acceptors (Lipinski definition) is 21. The first-order valence-electron chi connectivity index (χ1n) is 29.3. The van der Waals surface area contributed by atoms with Gasteiger partial charge in [0.15, 0.2) is 12.4 Å². The molecule has 0 saturated carbocycles. The molecule has 6 aromatic rings.